The average molecular weight is 269 g/mol. The summed E-state index contributed by atoms with van der Waals surface area (Å²) in [5, 5.41) is 12.3. The minimum Gasteiger partial charge on any atom is -0.496 e. The van der Waals surface area contributed by atoms with Crippen LogP contribution in [0.4, 0.5) is 0 Å². The minimum atomic E-state index is 0.273. The first-order valence-electron chi connectivity index (χ1n) is 6.59. The first-order valence-corrected chi connectivity index (χ1v) is 6.59. The van der Waals surface area contributed by atoms with Crippen molar-refractivity contribution in [3.05, 3.63) is 53.3 Å². The highest BCUT2D eigenvalue weighted by atomic mass is 16.5. The highest BCUT2D eigenvalue weighted by Crippen LogP contribution is 2.23. The number of benzene rings is 1. The molecule has 2 rings (SSSR count). The smallest absolute Gasteiger partial charge is 0.123 e. The van der Waals surface area contributed by atoms with Crippen LogP contribution in [0.2, 0.25) is 0 Å². The number of nitrogens with one attached hydrogen (secondary N) is 1. The Morgan fingerprint density at radius 1 is 1.40 bits per heavy atom. The van der Waals surface area contributed by atoms with E-state index < -0.39 is 0 Å². The van der Waals surface area contributed by atoms with Gasteiger partial charge in [0, 0.05) is 23.5 Å². The van der Waals surface area contributed by atoms with Crippen molar-refractivity contribution in [3.8, 4) is 11.8 Å². The molecule has 0 saturated carbocycles. The van der Waals surface area contributed by atoms with Gasteiger partial charge in [-0.15, -0.1) is 0 Å². The van der Waals surface area contributed by atoms with Crippen molar-refractivity contribution < 1.29 is 4.74 Å². The summed E-state index contributed by atoms with van der Waals surface area (Å²) in [4.78, 5) is 0. The summed E-state index contributed by atoms with van der Waals surface area (Å²) in [6.07, 6.45) is 2.04. The lowest BCUT2D eigenvalue weighted by atomic mass is 10.1. The van der Waals surface area contributed by atoms with E-state index in [0.717, 1.165) is 11.3 Å². The maximum atomic E-state index is 9.02. The number of hydrogen-bond acceptors (Lipinski definition) is 3. The fourth-order valence-corrected chi connectivity index (χ4v) is 2.27. The van der Waals surface area contributed by atoms with Crippen LogP contribution in [0.25, 0.3) is 0 Å². The van der Waals surface area contributed by atoms with E-state index in [1.807, 2.05) is 31.4 Å². The van der Waals surface area contributed by atoms with Gasteiger partial charge < -0.3 is 14.6 Å². The maximum absolute atomic E-state index is 9.02. The number of rotatable bonds is 5. The largest absolute Gasteiger partial charge is 0.496 e. The van der Waals surface area contributed by atoms with Gasteiger partial charge in [0.25, 0.3) is 0 Å². The van der Waals surface area contributed by atoms with Gasteiger partial charge in [-0.1, -0.05) is 0 Å². The summed E-state index contributed by atoms with van der Waals surface area (Å²) in [7, 11) is 3.59. The van der Waals surface area contributed by atoms with Gasteiger partial charge in [0.05, 0.1) is 25.3 Å². The molecule has 0 amide bonds. The molecule has 2 aromatic rings. The SMILES string of the molecule is CNC(C)c1cccn1Cc1cc(C#N)ccc1OC. The van der Waals surface area contributed by atoms with E-state index in [-0.39, 0.29) is 6.04 Å². The Hall–Kier alpha value is -2.25. The topological polar surface area (TPSA) is 50.0 Å². The van der Waals surface area contributed by atoms with E-state index in [9.17, 15) is 0 Å². The number of methoxy groups -OCH3 is 1. The number of nitriles is 1. The summed E-state index contributed by atoms with van der Waals surface area (Å²) in [6, 6.07) is 12.1. The Morgan fingerprint density at radius 3 is 2.85 bits per heavy atom. The van der Waals surface area contributed by atoms with Crippen LogP contribution in [0.1, 0.15) is 29.8 Å². The number of hydrogen-bond donors (Lipinski definition) is 1. The predicted octanol–water partition coefficient (Wildman–Crippen LogP) is 2.70. The molecule has 1 aromatic heterocycles. The van der Waals surface area contributed by atoms with Crippen LogP contribution < -0.4 is 10.1 Å². The van der Waals surface area contributed by atoms with Crippen molar-refractivity contribution in [3.63, 3.8) is 0 Å². The van der Waals surface area contributed by atoms with Gasteiger partial charge in [0.15, 0.2) is 0 Å². The first kappa shape index (κ1) is 14.2. The van der Waals surface area contributed by atoms with E-state index in [1.54, 1.807) is 13.2 Å². The lowest BCUT2D eigenvalue weighted by Gasteiger charge is -2.16. The Labute approximate surface area is 119 Å². The molecule has 0 spiro atoms. The molecule has 1 atom stereocenters. The van der Waals surface area contributed by atoms with Crippen LogP contribution in [-0.4, -0.2) is 18.7 Å². The first-order chi connectivity index (χ1) is 9.69. The zero-order chi connectivity index (χ0) is 14.5. The van der Waals surface area contributed by atoms with Crippen LogP contribution in [0.3, 0.4) is 0 Å². The van der Waals surface area contributed by atoms with Crippen molar-refractivity contribution >= 4 is 0 Å². The van der Waals surface area contributed by atoms with Gasteiger partial charge in [-0.25, -0.2) is 0 Å². The Morgan fingerprint density at radius 2 is 2.20 bits per heavy atom. The summed E-state index contributed by atoms with van der Waals surface area (Å²) in [5.74, 6) is 0.806. The summed E-state index contributed by atoms with van der Waals surface area (Å²) in [6.45, 7) is 2.81. The van der Waals surface area contributed by atoms with E-state index in [2.05, 4.69) is 28.9 Å². The van der Waals surface area contributed by atoms with Crippen molar-refractivity contribution in [2.75, 3.05) is 14.2 Å². The summed E-state index contributed by atoms with van der Waals surface area (Å²) >= 11 is 0. The molecule has 0 radical (unpaired) electrons. The van der Waals surface area contributed by atoms with Crippen LogP contribution in [0.5, 0.6) is 5.75 Å². The lowest BCUT2D eigenvalue weighted by molar-refractivity contribution is 0.407. The Kier molecular flexibility index (Phi) is 4.44. The van der Waals surface area contributed by atoms with E-state index >= 15 is 0 Å². The Bertz CT molecular complexity index is 625. The molecule has 1 aromatic carbocycles. The standard InChI is InChI=1S/C16H19N3O/c1-12(18-2)15-5-4-8-19(15)11-14-9-13(10-17)6-7-16(14)20-3/h4-9,12,18H,11H2,1-3H3. The monoisotopic (exact) mass is 269 g/mol. The molecule has 0 aliphatic carbocycles. The zero-order valence-corrected chi connectivity index (χ0v) is 12.1. The van der Waals surface area contributed by atoms with Crippen LogP contribution >= 0.6 is 0 Å². The molecule has 0 aliphatic heterocycles. The van der Waals surface area contributed by atoms with E-state index in [4.69, 9.17) is 10.00 Å². The number of ether oxygens (including phenoxy) is 1. The third kappa shape index (κ3) is 2.84. The second-order valence-corrected chi connectivity index (χ2v) is 4.71. The van der Waals surface area contributed by atoms with Crippen molar-refractivity contribution in [1.82, 2.24) is 9.88 Å². The summed E-state index contributed by atoms with van der Waals surface area (Å²) < 4.78 is 7.55. The zero-order valence-electron chi connectivity index (χ0n) is 12.1. The molecular weight excluding hydrogens is 250 g/mol. The highest BCUT2D eigenvalue weighted by molar-refractivity contribution is 5.42. The number of nitrogens with zero attached hydrogens (tertiary/aromatic N) is 2. The molecule has 1 unspecified atom stereocenters. The third-order valence-electron chi connectivity index (χ3n) is 3.49. The normalized spacial score (nSPS) is 11.9. The molecular formula is C16H19N3O. The highest BCUT2D eigenvalue weighted by Gasteiger charge is 2.11. The minimum absolute atomic E-state index is 0.273. The van der Waals surface area contributed by atoms with Crippen molar-refractivity contribution in [2.45, 2.75) is 19.5 Å². The average Bonchev–Trinajstić information content (AvgIpc) is 2.94. The maximum Gasteiger partial charge on any atom is 0.123 e. The molecule has 1 N–H and O–H groups in total. The van der Waals surface area contributed by atoms with Crippen LogP contribution in [0.15, 0.2) is 36.5 Å². The molecule has 20 heavy (non-hydrogen) atoms. The molecule has 0 saturated heterocycles. The van der Waals surface area contributed by atoms with Crippen LogP contribution in [-0.2, 0) is 6.54 Å². The third-order valence-corrected chi connectivity index (χ3v) is 3.49. The van der Waals surface area contributed by atoms with Gasteiger partial charge in [0.1, 0.15) is 5.75 Å². The summed E-state index contributed by atoms with van der Waals surface area (Å²) in [5.41, 5.74) is 2.86. The molecule has 0 fully saturated rings. The van der Waals surface area contributed by atoms with E-state index in [1.165, 1.54) is 5.69 Å². The molecule has 1 heterocycles. The second kappa shape index (κ2) is 6.27. The van der Waals surface area contributed by atoms with Gasteiger partial charge in [-0.05, 0) is 44.3 Å². The van der Waals surface area contributed by atoms with Crippen LogP contribution in [0, 0.1) is 11.3 Å². The van der Waals surface area contributed by atoms with Gasteiger partial charge in [-0.2, -0.15) is 5.26 Å². The molecule has 4 heteroatoms. The quantitative estimate of drug-likeness (QED) is 0.908. The molecule has 4 nitrogen and oxygen atoms in total. The fraction of sp³-hybridized carbons (Fsp3) is 0.312. The Balaban J connectivity index is 2.35. The van der Waals surface area contributed by atoms with Gasteiger partial charge in [0.2, 0.25) is 0 Å². The number of aromatic nitrogens is 1. The van der Waals surface area contributed by atoms with Gasteiger partial charge >= 0.3 is 0 Å². The van der Waals surface area contributed by atoms with Gasteiger partial charge in [-0.3, -0.25) is 0 Å². The van der Waals surface area contributed by atoms with Crippen molar-refractivity contribution in [2.24, 2.45) is 0 Å². The molecule has 0 bridgehead atoms. The van der Waals surface area contributed by atoms with Crippen molar-refractivity contribution in [1.29, 1.82) is 5.26 Å². The lowest BCUT2D eigenvalue weighted by Crippen LogP contribution is -2.17. The second-order valence-electron chi connectivity index (χ2n) is 4.71. The molecule has 104 valence electrons. The molecule has 0 aliphatic rings. The van der Waals surface area contributed by atoms with E-state index in [0.29, 0.717) is 12.1 Å². The fourth-order valence-electron chi connectivity index (χ4n) is 2.27. The predicted molar refractivity (Wildman–Crippen MR) is 78.7 cm³/mol.